The van der Waals surface area contributed by atoms with Crippen molar-refractivity contribution in [3.63, 3.8) is 0 Å². The van der Waals surface area contributed by atoms with Gasteiger partial charge in [0.15, 0.2) is 5.96 Å². The summed E-state index contributed by atoms with van der Waals surface area (Å²) in [5.74, 6) is 1.59. The number of hydrogen-bond donors (Lipinski definition) is 3. The average Bonchev–Trinajstić information content (AvgIpc) is 2.67. The first kappa shape index (κ1) is 25.5. The molecule has 0 bridgehead atoms. The number of nitrogens with zero attached hydrogens (tertiary/aromatic N) is 3. The molecule has 2 rings (SSSR count). The third-order valence-corrected chi connectivity index (χ3v) is 4.62. The van der Waals surface area contributed by atoms with Crippen molar-refractivity contribution < 1.29 is 9.90 Å². The highest BCUT2D eigenvalue weighted by Gasteiger charge is 2.19. The van der Waals surface area contributed by atoms with Gasteiger partial charge < -0.3 is 20.6 Å². The third-order valence-electron chi connectivity index (χ3n) is 4.62. The molecule has 0 aromatic heterocycles. The van der Waals surface area contributed by atoms with Crippen LogP contribution in [0.3, 0.4) is 0 Å². The molecule has 0 atom stereocenters. The van der Waals surface area contributed by atoms with Gasteiger partial charge in [-0.25, -0.2) is 0 Å². The van der Waals surface area contributed by atoms with Crippen LogP contribution in [-0.4, -0.2) is 79.1 Å². The summed E-state index contributed by atoms with van der Waals surface area (Å²) in [6.45, 7) is 14.0. The van der Waals surface area contributed by atoms with Crippen LogP contribution in [0, 0.1) is 5.92 Å². The predicted molar refractivity (Wildman–Crippen MR) is 129 cm³/mol. The predicted octanol–water partition coefficient (Wildman–Crippen LogP) is 2.37. The van der Waals surface area contributed by atoms with Crippen molar-refractivity contribution in [3.05, 3.63) is 29.8 Å². The van der Waals surface area contributed by atoms with Crippen LogP contribution in [-0.2, 0) is 0 Å². The van der Waals surface area contributed by atoms with E-state index in [9.17, 15) is 9.90 Å². The fourth-order valence-electron chi connectivity index (χ4n) is 3.30. The molecule has 7 nitrogen and oxygen atoms in total. The molecule has 1 amide bonds. The Balaban J connectivity index is 0.00000420. The number of aliphatic imine (C=N–C) groups is 1. The van der Waals surface area contributed by atoms with E-state index in [4.69, 9.17) is 4.99 Å². The Kier molecular flexibility index (Phi) is 12.0. The van der Waals surface area contributed by atoms with E-state index < -0.39 is 0 Å². The van der Waals surface area contributed by atoms with Crippen molar-refractivity contribution >= 4 is 35.8 Å². The van der Waals surface area contributed by atoms with Gasteiger partial charge in [-0.05, 0) is 37.5 Å². The fraction of sp³-hybridized carbons (Fsp3) is 0.619. The number of carbonyl (C=O) groups is 1. The van der Waals surface area contributed by atoms with Crippen LogP contribution in [0.15, 0.2) is 29.3 Å². The normalized spacial score (nSPS) is 15.2. The van der Waals surface area contributed by atoms with Crippen LogP contribution in [0.2, 0.25) is 0 Å². The van der Waals surface area contributed by atoms with E-state index in [1.807, 2.05) is 0 Å². The Bertz CT molecular complexity index is 646. The van der Waals surface area contributed by atoms with Crippen LogP contribution >= 0.6 is 24.0 Å². The largest absolute Gasteiger partial charge is 0.508 e. The lowest BCUT2D eigenvalue weighted by Gasteiger charge is -2.37. The number of carbonyl (C=O) groups excluding carboxylic acids is 1. The zero-order valence-electron chi connectivity index (χ0n) is 17.9. The summed E-state index contributed by atoms with van der Waals surface area (Å²) in [4.78, 5) is 21.6. The molecule has 0 saturated carbocycles. The van der Waals surface area contributed by atoms with Crippen LogP contribution in [0.5, 0.6) is 5.75 Å². The molecule has 29 heavy (non-hydrogen) atoms. The Labute approximate surface area is 192 Å². The van der Waals surface area contributed by atoms with Crippen molar-refractivity contribution in [2.45, 2.75) is 27.2 Å². The molecule has 164 valence electrons. The number of amides is 1. The molecular weight excluding hydrogens is 481 g/mol. The van der Waals surface area contributed by atoms with E-state index in [1.54, 1.807) is 18.2 Å². The van der Waals surface area contributed by atoms with Gasteiger partial charge in [0.05, 0.1) is 0 Å². The smallest absolute Gasteiger partial charge is 0.251 e. The minimum Gasteiger partial charge on any atom is -0.508 e. The van der Waals surface area contributed by atoms with Gasteiger partial charge in [-0.2, -0.15) is 0 Å². The van der Waals surface area contributed by atoms with Crippen LogP contribution in [0.25, 0.3) is 0 Å². The fourth-order valence-corrected chi connectivity index (χ4v) is 3.30. The number of rotatable bonds is 8. The number of phenols is 1. The van der Waals surface area contributed by atoms with Gasteiger partial charge in [-0.1, -0.05) is 19.9 Å². The monoisotopic (exact) mass is 517 g/mol. The zero-order valence-corrected chi connectivity index (χ0v) is 20.2. The Morgan fingerprint density at radius 2 is 1.93 bits per heavy atom. The summed E-state index contributed by atoms with van der Waals surface area (Å²) >= 11 is 0. The highest BCUT2D eigenvalue weighted by Crippen LogP contribution is 2.10. The van der Waals surface area contributed by atoms with E-state index in [1.165, 1.54) is 6.07 Å². The Morgan fingerprint density at radius 1 is 1.21 bits per heavy atom. The Morgan fingerprint density at radius 3 is 2.55 bits per heavy atom. The van der Waals surface area contributed by atoms with Crippen molar-refractivity contribution in [2.75, 3.05) is 52.4 Å². The molecule has 0 aliphatic carbocycles. The SMILES string of the molecule is CCNC(=NCCCNC(=O)c1cccc(O)c1)N1CCN(CC(C)C)CC1.I. The standard InChI is InChI=1S/C21H35N5O2.HI/c1-4-22-21(26-13-11-25(12-14-26)16-17(2)3)24-10-6-9-23-20(28)18-7-5-8-19(27)15-18;/h5,7-8,15,17,27H,4,6,9-14,16H2,1-3H3,(H,22,24)(H,23,28);1H. The zero-order chi connectivity index (χ0) is 20.4. The van der Waals surface area contributed by atoms with E-state index in [0.29, 0.717) is 24.6 Å². The number of piperazine rings is 1. The molecule has 0 spiro atoms. The van der Waals surface area contributed by atoms with Gasteiger partial charge >= 0.3 is 0 Å². The lowest BCUT2D eigenvalue weighted by molar-refractivity contribution is 0.0953. The molecule has 1 aromatic carbocycles. The highest BCUT2D eigenvalue weighted by atomic mass is 127. The number of halogens is 1. The average molecular weight is 517 g/mol. The second-order valence-electron chi connectivity index (χ2n) is 7.58. The number of nitrogens with one attached hydrogen (secondary N) is 2. The highest BCUT2D eigenvalue weighted by molar-refractivity contribution is 14.0. The maximum absolute atomic E-state index is 12.1. The summed E-state index contributed by atoms with van der Waals surface area (Å²) in [6.07, 6.45) is 0.771. The molecule has 8 heteroatoms. The molecule has 1 heterocycles. The molecule has 3 N–H and O–H groups in total. The molecule has 0 radical (unpaired) electrons. The molecule has 1 fully saturated rings. The number of aromatic hydroxyl groups is 1. The number of phenolic OH excluding ortho intramolecular Hbond substituents is 1. The minimum atomic E-state index is -0.173. The number of benzene rings is 1. The summed E-state index contributed by atoms with van der Waals surface area (Å²) in [5.41, 5.74) is 0.469. The van der Waals surface area contributed by atoms with Crippen LogP contribution in [0.4, 0.5) is 0 Å². The van der Waals surface area contributed by atoms with Crippen molar-refractivity contribution in [1.29, 1.82) is 0 Å². The van der Waals surface area contributed by atoms with Gasteiger partial charge in [-0.15, -0.1) is 24.0 Å². The van der Waals surface area contributed by atoms with E-state index in [2.05, 4.69) is 41.2 Å². The van der Waals surface area contributed by atoms with Gasteiger partial charge in [0, 0.05) is 57.9 Å². The first-order chi connectivity index (χ1) is 13.5. The topological polar surface area (TPSA) is 80.2 Å². The number of hydrogen-bond acceptors (Lipinski definition) is 4. The first-order valence-electron chi connectivity index (χ1n) is 10.3. The first-order valence-corrected chi connectivity index (χ1v) is 10.3. The lowest BCUT2D eigenvalue weighted by atomic mass is 10.2. The van der Waals surface area contributed by atoms with Gasteiger partial charge in [0.25, 0.3) is 5.91 Å². The van der Waals surface area contributed by atoms with Crippen molar-refractivity contribution in [2.24, 2.45) is 10.9 Å². The summed E-state index contributed by atoms with van der Waals surface area (Å²) < 4.78 is 0. The van der Waals surface area contributed by atoms with Crippen molar-refractivity contribution in [1.82, 2.24) is 20.4 Å². The Hall–Kier alpha value is -1.55. The molecule has 1 saturated heterocycles. The van der Waals surface area contributed by atoms with Gasteiger partial charge in [0.1, 0.15) is 5.75 Å². The molecule has 1 aliphatic heterocycles. The van der Waals surface area contributed by atoms with E-state index in [0.717, 1.165) is 51.6 Å². The minimum absolute atomic E-state index is 0. The molecule has 0 unspecified atom stereocenters. The second kappa shape index (κ2) is 13.6. The van der Waals surface area contributed by atoms with Crippen molar-refractivity contribution in [3.8, 4) is 5.75 Å². The summed E-state index contributed by atoms with van der Waals surface area (Å²) in [7, 11) is 0. The second-order valence-corrected chi connectivity index (χ2v) is 7.58. The van der Waals surface area contributed by atoms with E-state index in [-0.39, 0.29) is 35.6 Å². The molecular formula is C21H36IN5O2. The van der Waals surface area contributed by atoms with E-state index >= 15 is 0 Å². The molecule has 1 aliphatic rings. The summed E-state index contributed by atoms with van der Waals surface area (Å²) in [6, 6.07) is 6.37. The number of guanidine groups is 1. The van der Waals surface area contributed by atoms with Gasteiger partial charge in [0.2, 0.25) is 0 Å². The maximum atomic E-state index is 12.1. The van der Waals surface area contributed by atoms with Crippen LogP contribution in [0.1, 0.15) is 37.6 Å². The summed E-state index contributed by atoms with van der Waals surface area (Å²) in [5, 5.41) is 15.7. The maximum Gasteiger partial charge on any atom is 0.251 e. The van der Waals surface area contributed by atoms with Crippen LogP contribution < -0.4 is 10.6 Å². The third kappa shape index (κ3) is 9.20. The quantitative estimate of drug-likeness (QED) is 0.214. The lowest BCUT2D eigenvalue weighted by Crippen LogP contribution is -2.53. The molecule has 1 aromatic rings. The van der Waals surface area contributed by atoms with Gasteiger partial charge in [-0.3, -0.25) is 14.7 Å².